The predicted octanol–water partition coefficient (Wildman–Crippen LogP) is 1.29. The number of carbonyl (C=O) groups excluding carboxylic acids is 2. The van der Waals surface area contributed by atoms with Crippen LogP contribution in [0.15, 0.2) is 28.3 Å². The number of carbonyl (C=O) groups is 2. The third-order valence-electron chi connectivity index (χ3n) is 3.64. The number of benzene rings is 1. The van der Waals surface area contributed by atoms with Crippen molar-refractivity contribution in [3.05, 3.63) is 34.0 Å². The standard InChI is InChI=1S/C15H16ClNO8S/c1-8-4-12(26(20,21)22)11(5-10(8)16)17-7-25-6-9(14(18)23-2)13(17)15(19)24-3/h4-5H,6-7H2,1-3H3,(H,20,21,22). The number of rotatable bonds is 4. The number of nitrogens with zero attached hydrogens (tertiary/aromatic N) is 1. The van der Waals surface area contributed by atoms with Crippen molar-refractivity contribution in [1.82, 2.24) is 0 Å². The highest BCUT2D eigenvalue weighted by Gasteiger charge is 2.35. The van der Waals surface area contributed by atoms with Gasteiger partial charge in [-0.25, -0.2) is 9.59 Å². The maximum absolute atomic E-state index is 12.3. The molecule has 0 unspecified atom stereocenters. The molecule has 0 aliphatic carbocycles. The van der Waals surface area contributed by atoms with E-state index in [4.69, 9.17) is 21.1 Å². The van der Waals surface area contributed by atoms with Gasteiger partial charge in [-0.3, -0.25) is 4.55 Å². The Bertz CT molecular complexity index is 893. The van der Waals surface area contributed by atoms with E-state index in [1.165, 1.54) is 6.07 Å². The van der Waals surface area contributed by atoms with Gasteiger partial charge in [0.05, 0.1) is 32.1 Å². The molecule has 1 aliphatic heterocycles. The van der Waals surface area contributed by atoms with Crippen molar-refractivity contribution in [1.29, 1.82) is 0 Å². The van der Waals surface area contributed by atoms with Gasteiger partial charge in [-0.2, -0.15) is 8.42 Å². The lowest BCUT2D eigenvalue weighted by atomic mass is 10.1. The largest absolute Gasteiger partial charge is 0.466 e. The van der Waals surface area contributed by atoms with Crippen molar-refractivity contribution in [2.45, 2.75) is 11.8 Å². The minimum absolute atomic E-state index is 0.149. The Kier molecular flexibility index (Phi) is 5.91. The van der Waals surface area contributed by atoms with Gasteiger partial charge in [-0.05, 0) is 24.6 Å². The molecule has 0 fully saturated rings. The SMILES string of the molecule is COC(=O)C1=C(C(=O)OC)N(c2cc(Cl)c(C)cc2S(=O)(=O)O)COC1. The Morgan fingerprint density at radius 2 is 1.85 bits per heavy atom. The second-order valence-corrected chi connectivity index (χ2v) is 7.06. The smallest absolute Gasteiger partial charge is 0.355 e. The molecule has 0 saturated heterocycles. The highest BCUT2D eigenvalue weighted by Crippen LogP contribution is 2.35. The number of aryl methyl sites for hydroxylation is 1. The van der Waals surface area contributed by atoms with Gasteiger partial charge in [0, 0.05) is 5.02 Å². The van der Waals surface area contributed by atoms with E-state index in [2.05, 4.69) is 4.74 Å². The van der Waals surface area contributed by atoms with E-state index in [0.717, 1.165) is 25.2 Å². The van der Waals surface area contributed by atoms with Crippen LogP contribution >= 0.6 is 11.6 Å². The lowest BCUT2D eigenvalue weighted by molar-refractivity contribution is -0.140. The van der Waals surface area contributed by atoms with Gasteiger partial charge >= 0.3 is 11.9 Å². The summed E-state index contributed by atoms with van der Waals surface area (Å²) in [5, 5.41) is 0.182. The molecule has 0 saturated carbocycles. The van der Waals surface area contributed by atoms with Crippen LogP contribution in [0.25, 0.3) is 0 Å². The van der Waals surface area contributed by atoms with Crippen LogP contribution in [0.4, 0.5) is 5.69 Å². The Hall–Kier alpha value is -2.14. The van der Waals surface area contributed by atoms with Crippen LogP contribution in [-0.2, 0) is 33.9 Å². The van der Waals surface area contributed by atoms with E-state index in [1.54, 1.807) is 6.92 Å². The Morgan fingerprint density at radius 1 is 1.23 bits per heavy atom. The van der Waals surface area contributed by atoms with Crippen LogP contribution in [0.5, 0.6) is 0 Å². The highest BCUT2D eigenvalue weighted by molar-refractivity contribution is 7.86. The third-order valence-corrected chi connectivity index (χ3v) is 4.93. The van der Waals surface area contributed by atoms with Crippen LogP contribution in [0, 0.1) is 6.92 Å². The van der Waals surface area contributed by atoms with E-state index < -0.39 is 27.0 Å². The van der Waals surface area contributed by atoms with Crippen LogP contribution in [-0.4, -0.2) is 52.5 Å². The molecule has 1 aromatic rings. The molecule has 1 N–H and O–H groups in total. The summed E-state index contributed by atoms with van der Waals surface area (Å²) >= 11 is 6.07. The van der Waals surface area contributed by atoms with Crippen LogP contribution < -0.4 is 4.90 Å². The van der Waals surface area contributed by atoms with Gasteiger partial charge in [0.25, 0.3) is 10.1 Å². The molecular formula is C15H16ClNO8S. The zero-order chi connectivity index (χ0) is 19.6. The number of ether oxygens (including phenoxy) is 3. The molecule has 0 aromatic heterocycles. The van der Waals surface area contributed by atoms with Gasteiger partial charge in [0.15, 0.2) is 0 Å². The quantitative estimate of drug-likeness (QED) is 0.583. The number of hydrogen-bond acceptors (Lipinski definition) is 8. The van der Waals surface area contributed by atoms with Crippen molar-refractivity contribution in [2.75, 3.05) is 32.5 Å². The molecule has 0 amide bonds. The molecule has 26 heavy (non-hydrogen) atoms. The first-order valence-corrected chi connectivity index (χ1v) is 8.96. The maximum atomic E-state index is 12.3. The molecule has 0 spiro atoms. The van der Waals surface area contributed by atoms with Crippen molar-refractivity contribution >= 4 is 39.3 Å². The van der Waals surface area contributed by atoms with Crippen molar-refractivity contribution < 1.29 is 36.8 Å². The molecule has 1 heterocycles. The lowest BCUT2D eigenvalue weighted by Gasteiger charge is -2.32. The number of methoxy groups -OCH3 is 2. The Morgan fingerprint density at radius 3 is 2.38 bits per heavy atom. The average molecular weight is 406 g/mol. The maximum Gasteiger partial charge on any atom is 0.355 e. The Labute approximate surface area is 154 Å². The van der Waals surface area contributed by atoms with E-state index in [1.807, 2.05) is 0 Å². The first-order chi connectivity index (χ1) is 12.1. The zero-order valence-corrected chi connectivity index (χ0v) is 15.7. The van der Waals surface area contributed by atoms with Gasteiger partial charge in [0.2, 0.25) is 0 Å². The topological polar surface area (TPSA) is 119 Å². The predicted molar refractivity (Wildman–Crippen MR) is 90.4 cm³/mol. The summed E-state index contributed by atoms with van der Waals surface area (Å²) in [5.41, 5.74) is -0.193. The molecule has 0 radical (unpaired) electrons. The van der Waals surface area contributed by atoms with Gasteiger partial charge in [-0.1, -0.05) is 11.6 Å². The van der Waals surface area contributed by atoms with E-state index in [9.17, 15) is 22.6 Å². The summed E-state index contributed by atoms with van der Waals surface area (Å²) < 4.78 is 47.8. The Balaban J connectivity index is 2.79. The summed E-state index contributed by atoms with van der Waals surface area (Å²) in [6.45, 7) is 1.02. The summed E-state index contributed by atoms with van der Waals surface area (Å²) in [6, 6.07) is 2.39. The minimum atomic E-state index is -4.67. The zero-order valence-electron chi connectivity index (χ0n) is 14.1. The first-order valence-electron chi connectivity index (χ1n) is 7.14. The van der Waals surface area contributed by atoms with E-state index >= 15 is 0 Å². The van der Waals surface area contributed by atoms with Crippen molar-refractivity contribution in [2.24, 2.45) is 0 Å². The average Bonchev–Trinajstić information content (AvgIpc) is 2.60. The van der Waals surface area contributed by atoms with Crippen LogP contribution in [0.1, 0.15) is 5.56 Å². The molecule has 1 aromatic carbocycles. The molecule has 1 aliphatic rings. The summed E-state index contributed by atoms with van der Waals surface area (Å²) in [7, 11) is -2.45. The normalized spacial score (nSPS) is 15.0. The molecule has 0 bridgehead atoms. The number of esters is 2. The fourth-order valence-electron chi connectivity index (χ4n) is 2.40. The van der Waals surface area contributed by atoms with E-state index in [-0.39, 0.29) is 35.3 Å². The van der Waals surface area contributed by atoms with Crippen molar-refractivity contribution in [3.8, 4) is 0 Å². The fourth-order valence-corrected chi connectivity index (χ4v) is 3.31. The molecule has 11 heteroatoms. The van der Waals surface area contributed by atoms with Crippen molar-refractivity contribution in [3.63, 3.8) is 0 Å². The second-order valence-electron chi connectivity index (χ2n) is 5.26. The minimum Gasteiger partial charge on any atom is -0.466 e. The van der Waals surface area contributed by atoms with Crippen LogP contribution in [0.2, 0.25) is 5.02 Å². The molecular weight excluding hydrogens is 390 g/mol. The second kappa shape index (κ2) is 7.62. The van der Waals surface area contributed by atoms with Crippen LogP contribution in [0.3, 0.4) is 0 Å². The molecule has 0 atom stereocenters. The molecule has 142 valence electrons. The first kappa shape index (κ1) is 20.2. The summed E-state index contributed by atoms with van der Waals surface area (Å²) in [5.74, 6) is -1.76. The van der Waals surface area contributed by atoms with Gasteiger partial charge in [0.1, 0.15) is 17.3 Å². The number of anilines is 1. The summed E-state index contributed by atoms with van der Waals surface area (Å²) in [6.07, 6.45) is 0. The summed E-state index contributed by atoms with van der Waals surface area (Å²) in [4.78, 5) is 24.8. The lowest BCUT2D eigenvalue weighted by Crippen LogP contribution is -2.39. The molecule has 9 nitrogen and oxygen atoms in total. The van der Waals surface area contributed by atoms with Gasteiger partial charge in [-0.15, -0.1) is 0 Å². The fraction of sp³-hybridized carbons (Fsp3) is 0.333. The van der Waals surface area contributed by atoms with Gasteiger partial charge < -0.3 is 19.1 Å². The van der Waals surface area contributed by atoms with E-state index in [0.29, 0.717) is 5.56 Å². The monoisotopic (exact) mass is 405 g/mol. The number of hydrogen-bond donors (Lipinski definition) is 1. The number of halogens is 1. The third kappa shape index (κ3) is 3.83. The molecule has 2 rings (SSSR count). The highest BCUT2D eigenvalue weighted by atomic mass is 35.5.